The molecule has 1 N–H and O–H groups in total. The first kappa shape index (κ1) is 11.6. The fraction of sp³-hybridized carbons (Fsp3) is 0. The maximum Gasteiger partial charge on any atom is 0.347 e. The smallest absolute Gasteiger partial charge is 0.347 e. The van der Waals surface area contributed by atoms with E-state index in [0.717, 1.165) is 10.4 Å². The van der Waals surface area contributed by atoms with Crippen molar-refractivity contribution < 1.29 is 9.90 Å². The van der Waals surface area contributed by atoms with Crippen LogP contribution in [0.25, 0.3) is 10.4 Å². The van der Waals surface area contributed by atoms with E-state index in [4.69, 9.17) is 16.7 Å². The number of carbonyl (C=O) groups is 1. The maximum absolute atomic E-state index is 10.9. The van der Waals surface area contributed by atoms with Crippen molar-refractivity contribution >= 4 is 44.8 Å². The van der Waals surface area contributed by atoms with Crippen molar-refractivity contribution in [1.82, 2.24) is 0 Å². The van der Waals surface area contributed by atoms with Crippen molar-refractivity contribution in [2.75, 3.05) is 0 Å². The Bertz CT molecular complexity index is 533. The number of hydrogen-bond acceptors (Lipinski definition) is 2. The van der Waals surface area contributed by atoms with Gasteiger partial charge in [0.15, 0.2) is 0 Å². The second kappa shape index (κ2) is 4.57. The summed E-state index contributed by atoms with van der Waals surface area (Å²) in [5.41, 5.74) is 0.961. The molecule has 2 nitrogen and oxygen atoms in total. The molecule has 0 saturated carbocycles. The number of rotatable bonds is 2. The van der Waals surface area contributed by atoms with Crippen LogP contribution < -0.4 is 0 Å². The molecule has 1 aromatic carbocycles. The Labute approximate surface area is 110 Å². The summed E-state index contributed by atoms with van der Waals surface area (Å²) in [5.74, 6) is -0.919. The van der Waals surface area contributed by atoms with Gasteiger partial charge in [-0.2, -0.15) is 0 Å². The molecule has 0 radical (unpaired) electrons. The van der Waals surface area contributed by atoms with Gasteiger partial charge in [0.05, 0.1) is 0 Å². The van der Waals surface area contributed by atoms with Gasteiger partial charge in [0, 0.05) is 14.4 Å². The molecule has 82 valence electrons. The van der Waals surface area contributed by atoms with Crippen molar-refractivity contribution in [3.63, 3.8) is 0 Å². The lowest BCUT2D eigenvalue weighted by Crippen LogP contribution is -1.91. The van der Waals surface area contributed by atoms with E-state index in [-0.39, 0.29) is 0 Å². The highest BCUT2D eigenvalue weighted by atomic mass is 79.9. The maximum atomic E-state index is 10.9. The second-order valence-corrected chi connectivity index (χ2v) is 5.44. The normalized spacial score (nSPS) is 10.4. The van der Waals surface area contributed by atoms with Crippen LogP contribution in [0, 0.1) is 0 Å². The van der Waals surface area contributed by atoms with Crippen LogP contribution in [0.1, 0.15) is 9.67 Å². The zero-order valence-electron chi connectivity index (χ0n) is 7.91. The molecular formula is C11H6BrClO2S. The number of carboxylic acid groups (broad SMARTS) is 1. The standard InChI is InChI=1S/C11H6BrClO2S/c12-8-5-9(16-10(8)11(14)15)6-1-3-7(13)4-2-6/h1-5H,(H,14,15). The Kier molecular flexibility index (Phi) is 3.33. The summed E-state index contributed by atoms with van der Waals surface area (Å²) >= 11 is 10.3. The van der Waals surface area contributed by atoms with Crippen LogP contribution in [0.4, 0.5) is 0 Å². The van der Waals surface area contributed by atoms with E-state index in [2.05, 4.69) is 15.9 Å². The molecule has 0 saturated heterocycles. The molecule has 16 heavy (non-hydrogen) atoms. The molecule has 2 rings (SSSR count). The van der Waals surface area contributed by atoms with Crippen LogP contribution in [0.5, 0.6) is 0 Å². The van der Waals surface area contributed by atoms with Crippen LogP contribution in [0.3, 0.4) is 0 Å². The summed E-state index contributed by atoms with van der Waals surface area (Å²) in [6.45, 7) is 0. The lowest BCUT2D eigenvalue weighted by molar-refractivity contribution is 0.0701. The Morgan fingerprint density at radius 2 is 1.94 bits per heavy atom. The highest BCUT2D eigenvalue weighted by Gasteiger charge is 2.14. The van der Waals surface area contributed by atoms with Crippen molar-refractivity contribution in [2.45, 2.75) is 0 Å². The van der Waals surface area contributed by atoms with E-state index < -0.39 is 5.97 Å². The van der Waals surface area contributed by atoms with E-state index >= 15 is 0 Å². The monoisotopic (exact) mass is 316 g/mol. The van der Waals surface area contributed by atoms with Gasteiger partial charge in [-0.15, -0.1) is 11.3 Å². The molecule has 2 aromatic rings. The van der Waals surface area contributed by atoms with Gasteiger partial charge >= 0.3 is 5.97 Å². The SMILES string of the molecule is O=C(O)c1sc(-c2ccc(Cl)cc2)cc1Br. The Morgan fingerprint density at radius 1 is 1.31 bits per heavy atom. The number of aromatic carboxylic acids is 1. The van der Waals surface area contributed by atoms with Crippen LogP contribution >= 0.6 is 38.9 Å². The van der Waals surface area contributed by atoms with Crippen LogP contribution in [-0.4, -0.2) is 11.1 Å². The summed E-state index contributed by atoms with van der Waals surface area (Å²) in [4.78, 5) is 12.1. The molecule has 0 aliphatic heterocycles. The van der Waals surface area contributed by atoms with Crippen molar-refractivity contribution in [1.29, 1.82) is 0 Å². The zero-order valence-corrected chi connectivity index (χ0v) is 11.1. The van der Waals surface area contributed by atoms with Gasteiger partial charge in [-0.1, -0.05) is 23.7 Å². The Morgan fingerprint density at radius 3 is 2.44 bits per heavy atom. The fourth-order valence-electron chi connectivity index (χ4n) is 1.27. The van der Waals surface area contributed by atoms with Crippen molar-refractivity contribution in [3.05, 3.63) is 44.7 Å². The molecule has 1 heterocycles. The highest BCUT2D eigenvalue weighted by molar-refractivity contribution is 9.10. The third-order valence-electron chi connectivity index (χ3n) is 2.01. The number of benzene rings is 1. The first-order chi connectivity index (χ1) is 7.58. The molecule has 1 aromatic heterocycles. The molecule has 0 unspecified atom stereocenters. The summed E-state index contributed by atoms with van der Waals surface area (Å²) in [5, 5.41) is 9.59. The summed E-state index contributed by atoms with van der Waals surface area (Å²) in [6, 6.07) is 9.10. The van der Waals surface area contributed by atoms with Crippen LogP contribution in [-0.2, 0) is 0 Å². The number of hydrogen-bond donors (Lipinski definition) is 1. The minimum Gasteiger partial charge on any atom is -0.477 e. The highest BCUT2D eigenvalue weighted by Crippen LogP contribution is 2.34. The molecule has 0 aliphatic carbocycles. The van der Waals surface area contributed by atoms with Crippen LogP contribution in [0.15, 0.2) is 34.8 Å². The fourth-order valence-corrected chi connectivity index (χ4v) is 3.08. The predicted molar refractivity (Wildman–Crippen MR) is 69.4 cm³/mol. The lowest BCUT2D eigenvalue weighted by Gasteiger charge is -1.96. The van der Waals surface area contributed by atoms with E-state index in [9.17, 15) is 4.79 Å². The van der Waals surface area contributed by atoms with Gasteiger partial charge in [-0.05, 0) is 39.7 Å². The summed E-state index contributed by atoms with van der Waals surface area (Å²) < 4.78 is 0.606. The summed E-state index contributed by atoms with van der Waals surface area (Å²) in [7, 11) is 0. The van der Waals surface area contributed by atoms with Crippen LogP contribution in [0.2, 0.25) is 5.02 Å². The first-order valence-electron chi connectivity index (χ1n) is 4.36. The van der Waals surface area contributed by atoms with Gasteiger partial charge in [-0.25, -0.2) is 4.79 Å². The Balaban J connectivity index is 2.45. The molecule has 0 amide bonds. The average molecular weight is 318 g/mol. The van der Waals surface area contributed by atoms with Gasteiger partial charge in [0.2, 0.25) is 0 Å². The molecule has 5 heteroatoms. The quantitative estimate of drug-likeness (QED) is 0.883. The third kappa shape index (κ3) is 2.29. The minimum absolute atomic E-state index is 0.310. The van der Waals surface area contributed by atoms with Gasteiger partial charge in [0.1, 0.15) is 4.88 Å². The number of thiophene rings is 1. The number of carboxylic acids is 1. The number of halogens is 2. The average Bonchev–Trinajstić information content (AvgIpc) is 2.61. The molecule has 0 atom stereocenters. The second-order valence-electron chi connectivity index (χ2n) is 3.10. The van der Waals surface area contributed by atoms with E-state index in [1.54, 1.807) is 18.2 Å². The van der Waals surface area contributed by atoms with Crippen molar-refractivity contribution in [3.8, 4) is 10.4 Å². The molecule has 0 fully saturated rings. The lowest BCUT2D eigenvalue weighted by atomic mass is 10.2. The first-order valence-corrected chi connectivity index (χ1v) is 6.35. The van der Waals surface area contributed by atoms with Crippen molar-refractivity contribution in [2.24, 2.45) is 0 Å². The summed E-state index contributed by atoms with van der Waals surface area (Å²) in [6.07, 6.45) is 0. The molecule has 0 spiro atoms. The topological polar surface area (TPSA) is 37.3 Å². The van der Waals surface area contributed by atoms with Gasteiger partial charge in [-0.3, -0.25) is 0 Å². The Hall–Kier alpha value is -0.840. The van der Waals surface area contributed by atoms with E-state index in [1.807, 2.05) is 12.1 Å². The largest absolute Gasteiger partial charge is 0.477 e. The van der Waals surface area contributed by atoms with Gasteiger partial charge < -0.3 is 5.11 Å². The van der Waals surface area contributed by atoms with E-state index in [0.29, 0.717) is 14.4 Å². The van der Waals surface area contributed by atoms with E-state index in [1.165, 1.54) is 11.3 Å². The zero-order chi connectivity index (χ0) is 11.7. The minimum atomic E-state index is -0.919. The van der Waals surface area contributed by atoms with Gasteiger partial charge in [0.25, 0.3) is 0 Å². The predicted octanol–water partition coefficient (Wildman–Crippen LogP) is 4.53. The molecular weight excluding hydrogens is 312 g/mol. The third-order valence-corrected chi connectivity index (χ3v) is 4.32. The molecule has 0 bridgehead atoms. The molecule has 0 aliphatic rings.